The van der Waals surface area contributed by atoms with Gasteiger partial charge in [-0.3, -0.25) is 9.59 Å². The van der Waals surface area contributed by atoms with Crippen LogP contribution in [0.15, 0.2) is 60.7 Å². The zero-order valence-corrected chi connectivity index (χ0v) is 25.6. The van der Waals surface area contributed by atoms with E-state index in [0.717, 1.165) is 42.4 Å². The summed E-state index contributed by atoms with van der Waals surface area (Å²) in [7, 11) is 3.59. The Morgan fingerprint density at radius 3 is 2.41 bits per heavy atom. The summed E-state index contributed by atoms with van der Waals surface area (Å²) in [6.45, 7) is 1.86. The number of carbonyl (C=O) groups is 2. The Kier molecular flexibility index (Phi) is 10.1. The third-order valence-electron chi connectivity index (χ3n) is 7.83. The van der Waals surface area contributed by atoms with Crippen molar-refractivity contribution in [2.24, 2.45) is 0 Å². The number of ether oxygens (including phenoxy) is 1. The number of fused-ring (bicyclic) bond motifs is 1. The van der Waals surface area contributed by atoms with Crippen molar-refractivity contribution in [1.29, 1.82) is 0 Å². The monoisotopic (exact) mass is 614 g/mol. The van der Waals surface area contributed by atoms with Crippen LogP contribution in [0.3, 0.4) is 0 Å². The molecule has 5 nitrogen and oxygen atoms in total. The molecule has 0 bridgehead atoms. The SMILES string of the molecule is CNC1CCC(N(Cc2cc(-c3cccc(C(C)=O)c3)ccc2OC)C(=O)c2sc3cccc(F)c3c2Cl)CC1.Cl. The van der Waals surface area contributed by atoms with Gasteiger partial charge in [-0.2, -0.15) is 0 Å². The lowest BCUT2D eigenvalue weighted by Crippen LogP contribution is -2.44. The van der Waals surface area contributed by atoms with Crippen LogP contribution >= 0.6 is 35.3 Å². The zero-order chi connectivity index (χ0) is 28.4. The summed E-state index contributed by atoms with van der Waals surface area (Å²) in [4.78, 5) is 28.4. The maximum Gasteiger partial charge on any atom is 0.266 e. The average molecular weight is 616 g/mol. The van der Waals surface area contributed by atoms with Gasteiger partial charge < -0.3 is 15.0 Å². The van der Waals surface area contributed by atoms with E-state index in [1.54, 1.807) is 32.2 Å². The van der Waals surface area contributed by atoms with E-state index >= 15 is 0 Å². The quantitative estimate of drug-likeness (QED) is 0.203. The van der Waals surface area contributed by atoms with Crippen molar-refractivity contribution in [2.75, 3.05) is 14.2 Å². The summed E-state index contributed by atoms with van der Waals surface area (Å²) < 4.78 is 21.0. The molecule has 1 N–H and O–H groups in total. The number of nitrogens with zero attached hydrogens (tertiary/aromatic N) is 1. The zero-order valence-electron chi connectivity index (χ0n) is 23.2. The number of benzene rings is 3. The first-order chi connectivity index (χ1) is 19.3. The highest BCUT2D eigenvalue weighted by molar-refractivity contribution is 7.21. The number of ketones is 1. The molecule has 9 heteroatoms. The van der Waals surface area contributed by atoms with Gasteiger partial charge in [0, 0.05) is 39.8 Å². The highest BCUT2D eigenvalue weighted by Crippen LogP contribution is 2.39. The molecule has 1 aliphatic carbocycles. The van der Waals surface area contributed by atoms with E-state index in [2.05, 4.69) is 5.32 Å². The van der Waals surface area contributed by atoms with E-state index in [1.807, 2.05) is 48.3 Å². The topological polar surface area (TPSA) is 58.6 Å². The molecular formula is C32H33Cl2FN2O3S. The summed E-state index contributed by atoms with van der Waals surface area (Å²) in [6.07, 6.45) is 3.59. The fourth-order valence-electron chi connectivity index (χ4n) is 5.56. The number of amides is 1. The third-order valence-corrected chi connectivity index (χ3v) is 9.46. The van der Waals surface area contributed by atoms with Gasteiger partial charge in [-0.25, -0.2) is 4.39 Å². The van der Waals surface area contributed by atoms with E-state index < -0.39 is 5.82 Å². The summed E-state index contributed by atoms with van der Waals surface area (Å²) >= 11 is 7.88. The van der Waals surface area contributed by atoms with Crippen LogP contribution in [0.4, 0.5) is 4.39 Å². The number of hydrogen-bond donors (Lipinski definition) is 1. The van der Waals surface area contributed by atoms with Crippen LogP contribution in [0.25, 0.3) is 21.2 Å². The molecule has 0 radical (unpaired) electrons. The minimum atomic E-state index is -0.430. The number of halogens is 3. The molecule has 0 atom stereocenters. The maximum atomic E-state index is 14.6. The Labute approximate surface area is 255 Å². The van der Waals surface area contributed by atoms with Crippen LogP contribution in [0.2, 0.25) is 5.02 Å². The van der Waals surface area contributed by atoms with Crippen LogP contribution in [-0.2, 0) is 6.54 Å². The molecule has 1 amide bonds. The van der Waals surface area contributed by atoms with Crippen LogP contribution < -0.4 is 10.1 Å². The molecule has 1 fully saturated rings. The van der Waals surface area contributed by atoms with Gasteiger partial charge in [-0.1, -0.05) is 41.9 Å². The van der Waals surface area contributed by atoms with Crippen molar-refractivity contribution in [3.05, 3.63) is 87.5 Å². The Bertz CT molecular complexity index is 1570. The van der Waals surface area contributed by atoms with Crippen LogP contribution in [-0.4, -0.2) is 42.8 Å². The van der Waals surface area contributed by atoms with E-state index in [-0.39, 0.29) is 35.2 Å². The van der Waals surface area contributed by atoms with Gasteiger partial charge in [0.05, 0.1) is 12.1 Å². The fourth-order valence-corrected chi connectivity index (χ4v) is 7.07. The third kappa shape index (κ3) is 6.44. The van der Waals surface area contributed by atoms with Crippen molar-refractivity contribution in [3.8, 4) is 16.9 Å². The van der Waals surface area contributed by atoms with Gasteiger partial charge in [0.1, 0.15) is 16.4 Å². The van der Waals surface area contributed by atoms with Gasteiger partial charge in [-0.05, 0) is 81.1 Å². The van der Waals surface area contributed by atoms with Gasteiger partial charge in [0.15, 0.2) is 5.78 Å². The molecule has 1 aliphatic rings. The first-order valence-electron chi connectivity index (χ1n) is 13.4. The van der Waals surface area contributed by atoms with E-state index in [9.17, 15) is 14.0 Å². The number of methoxy groups -OCH3 is 1. The first kappa shape index (κ1) is 31.0. The number of thiophene rings is 1. The lowest BCUT2D eigenvalue weighted by molar-refractivity contribution is 0.0604. The molecular weight excluding hydrogens is 582 g/mol. The van der Waals surface area contributed by atoms with Crippen molar-refractivity contribution < 1.29 is 18.7 Å². The van der Waals surface area contributed by atoms with Crippen LogP contribution in [0, 0.1) is 5.82 Å². The Hall–Kier alpha value is -2.97. The number of rotatable bonds is 8. The molecule has 3 aromatic carbocycles. The maximum absolute atomic E-state index is 14.6. The molecule has 216 valence electrons. The molecule has 1 heterocycles. The van der Waals surface area contributed by atoms with E-state index in [0.29, 0.717) is 38.9 Å². The van der Waals surface area contributed by atoms with Gasteiger partial charge in [0.2, 0.25) is 0 Å². The second-order valence-electron chi connectivity index (χ2n) is 10.2. The van der Waals surface area contributed by atoms with Gasteiger partial charge in [0.25, 0.3) is 5.91 Å². The largest absolute Gasteiger partial charge is 0.496 e. The first-order valence-corrected chi connectivity index (χ1v) is 14.6. The van der Waals surface area contributed by atoms with Crippen molar-refractivity contribution in [2.45, 2.75) is 51.2 Å². The smallest absolute Gasteiger partial charge is 0.266 e. The number of Topliss-reactive ketones (excluding diaryl/α,β-unsaturated/α-hetero) is 1. The predicted molar refractivity (Wildman–Crippen MR) is 167 cm³/mol. The molecule has 5 rings (SSSR count). The minimum absolute atomic E-state index is 0. The lowest BCUT2D eigenvalue weighted by atomic mass is 9.89. The second-order valence-corrected chi connectivity index (χ2v) is 11.7. The second kappa shape index (κ2) is 13.3. The van der Waals surface area contributed by atoms with Gasteiger partial charge >= 0.3 is 0 Å². The number of hydrogen-bond acceptors (Lipinski definition) is 5. The van der Waals surface area contributed by atoms with E-state index in [4.69, 9.17) is 16.3 Å². The van der Waals surface area contributed by atoms with Crippen LogP contribution in [0.5, 0.6) is 5.75 Å². The highest BCUT2D eigenvalue weighted by atomic mass is 35.5. The fraction of sp³-hybridized carbons (Fsp3) is 0.312. The molecule has 0 unspecified atom stereocenters. The summed E-state index contributed by atoms with van der Waals surface area (Å²) in [5.74, 6) is 0.0356. The number of carbonyl (C=O) groups excluding carboxylic acids is 2. The molecule has 4 aromatic rings. The number of nitrogens with one attached hydrogen (secondary N) is 1. The van der Waals surface area contributed by atoms with E-state index in [1.165, 1.54) is 17.4 Å². The summed E-state index contributed by atoms with van der Waals surface area (Å²) in [5.41, 5.74) is 3.32. The van der Waals surface area contributed by atoms with Crippen molar-refractivity contribution >= 4 is 57.1 Å². The highest BCUT2D eigenvalue weighted by Gasteiger charge is 2.32. The van der Waals surface area contributed by atoms with Crippen LogP contribution in [0.1, 0.15) is 58.2 Å². The molecule has 1 aromatic heterocycles. The normalized spacial score (nSPS) is 16.7. The lowest BCUT2D eigenvalue weighted by Gasteiger charge is -2.37. The average Bonchev–Trinajstić information content (AvgIpc) is 3.32. The van der Waals surface area contributed by atoms with Crippen molar-refractivity contribution in [1.82, 2.24) is 10.2 Å². The predicted octanol–water partition coefficient (Wildman–Crippen LogP) is 8.17. The standard InChI is InChI=1S/C32H32ClFN2O3S.ClH/c1-19(37)20-6-4-7-21(16-20)22-10-15-27(39-3)23(17-22)18-36(25-13-11-24(35-2)12-14-25)32(38)31-30(33)29-26(34)8-5-9-28(29)40-31;/h4-10,15-17,24-25,35H,11-14,18H2,1-3H3;1H. The molecule has 0 saturated heterocycles. The van der Waals surface area contributed by atoms with Crippen molar-refractivity contribution in [3.63, 3.8) is 0 Å². The minimum Gasteiger partial charge on any atom is -0.496 e. The summed E-state index contributed by atoms with van der Waals surface area (Å²) in [5, 5.41) is 3.81. The van der Waals surface area contributed by atoms with Gasteiger partial charge in [-0.15, -0.1) is 23.7 Å². The molecule has 0 aliphatic heterocycles. The summed E-state index contributed by atoms with van der Waals surface area (Å²) in [6, 6.07) is 18.6. The Morgan fingerprint density at radius 1 is 1.05 bits per heavy atom. The Balaban J connectivity index is 0.00000387. The molecule has 41 heavy (non-hydrogen) atoms. The Morgan fingerprint density at radius 2 is 1.76 bits per heavy atom. The molecule has 1 saturated carbocycles. The molecule has 0 spiro atoms.